The third-order valence-corrected chi connectivity index (χ3v) is 5.21. The maximum Gasteiger partial charge on any atom is 0.193 e. The lowest BCUT2D eigenvalue weighted by molar-refractivity contribution is 0.280. The molecule has 0 radical (unpaired) electrons. The van der Waals surface area contributed by atoms with Gasteiger partial charge in [-0.25, -0.2) is 8.42 Å². The molecule has 8 heteroatoms. The lowest BCUT2D eigenvalue weighted by atomic mass is 9.90. The molecule has 27 heavy (non-hydrogen) atoms. The van der Waals surface area contributed by atoms with Crippen LogP contribution in [0.2, 0.25) is 5.02 Å². The van der Waals surface area contributed by atoms with E-state index in [9.17, 15) is 8.42 Å². The van der Waals surface area contributed by atoms with Gasteiger partial charge < -0.3 is 15.0 Å². The minimum atomic E-state index is -2.96. The van der Waals surface area contributed by atoms with Crippen LogP contribution >= 0.6 is 11.6 Å². The maximum atomic E-state index is 11.4. The van der Waals surface area contributed by atoms with Crippen molar-refractivity contribution in [1.29, 1.82) is 0 Å². The Labute approximate surface area is 168 Å². The molecule has 6 nitrogen and oxygen atoms in total. The van der Waals surface area contributed by atoms with Gasteiger partial charge in [0.05, 0.1) is 12.3 Å². The van der Waals surface area contributed by atoms with Gasteiger partial charge in [0.2, 0.25) is 0 Å². The zero-order chi connectivity index (χ0) is 20.5. The summed E-state index contributed by atoms with van der Waals surface area (Å²) in [6.45, 7) is 8.57. The number of sulfone groups is 1. The molecule has 0 heterocycles. The normalized spacial score (nSPS) is 12.7. The SMILES string of the molecule is CCNC(=NCC(C)(C)CCS(C)(=O)=O)N(C)CCOc1ccc(Cl)cc1. The van der Waals surface area contributed by atoms with E-state index in [1.54, 1.807) is 12.1 Å². The van der Waals surface area contributed by atoms with E-state index < -0.39 is 9.84 Å². The molecule has 1 rings (SSSR count). The van der Waals surface area contributed by atoms with Crippen molar-refractivity contribution in [2.24, 2.45) is 10.4 Å². The molecule has 0 saturated carbocycles. The number of guanidine groups is 1. The smallest absolute Gasteiger partial charge is 0.193 e. The molecule has 0 unspecified atom stereocenters. The highest BCUT2D eigenvalue weighted by Crippen LogP contribution is 2.21. The molecule has 0 aliphatic heterocycles. The number of hydrogen-bond donors (Lipinski definition) is 1. The number of likely N-dealkylation sites (N-methyl/N-ethyl adjacent to an activating group) is 1. The molecule has 0 amide bonds. The van der Waals surface area contributed by atoms with Gasteiger partial charge in [0.25, 0.3) is 0 Å². The highest BCUT2D eigenvalue weighted by atomic mass is 35.5. The molecule has 0 fully saturated rings. The minimum absolute atomic E-state index is 0.177. The second kappa shape index (κ2) is 10.8. The molecular weight excluding hydrogens is 386 g/mol. The predicted molar refractivity (Wildman–Crippen MR) is 114 cm³/mol. The average molecular weight is 418 g/mol. The Balaban J connectivity index is 2.58. The van der Waals surface area contributed by atoms with Gasteiger partial charge in [-0.05, 0) is 43.0 Å². The Bertz CT molecular complexity index is 703. The summed E-state index contributed by atoms with van der Waals surface area (Å²) in [6.07, 6.45) is 1.85. The van der Waals surface area contributed by atoms with Crippen LogP contribution < -0.4 is 10.1 Å². The van der Waals surface area contributed by atoms with E-state index in [2.05, 4.69) is 10.3 Å². The van der Waals surface area contributed by atoms with Crippen LogP contribution in [0.1, 0.15) is 27.2 Å². The summed E-state index contributed by atoms with van der Waals surface area (Å²) in [6, 6.07) is 7.27. The Morgan fingerprint density at radius 1 is 1.30 bits per heavy atom. The first-order valence-corrected chi connectivity index (χ1v) is 11.5. The lowest BCUT2D eigenvalue weighted by Gasteiger charge is -2.26. The van der Waals surface area contributed by atoms with E-state index in [0.29, 0.717) is 31.1 Å². The second-order valence-corrected chi connectivity index (χ2v) is 10.1. The second-order valence-electron chi connectivity index (χ2n) is 7.44. The fourth-order valence-corrected chi connectivity index (χ4v) is 3.29. The zero-order valence-corrected chi connectivity index (χ0v) is 18.5. The number of nitrogens with zero attached hydrogens (tertiary/aromatic N) is 2. The van der Waals surface area contributed by atoms with Crippen molar-refractivity contribution in [1.82, 2.24) is 10.2 Å². The van der Waals surface area contributed by atoms with E-state index in [1.165, 1.54) is 6.26 Å². The molecule has 154 valence electrons. The molecule has 0 atom stereocenters. The highest BCUT2D eigenvalue weighted by Gasteiger charge is 2.20. The Morgan fingerprint density at radius 2 is 1.93 bits per heavy atom. The molecule has 1 aromatic rings. The van der Waals surface area contributed by atoms with E-state index in [4.69, 9.17) is 16.3 Å². The van der Waals surface area contributed by atoms with Crippen LogP contribution in [0, 0.1) is 5.41 Å². The van der Waals surface area contributed by atoms with Crippen molar-refractivity contribution in [2.75, 3.05) is 45.3 Å². The van der Waals surface area contributed by atoms with Gasteiger partial charge in [-0.1, -0.05) is 25.4 Å². The largest absolute Gasteiger partial charge is 0.492 e. The van der Waals surface area contributed by atoms with Crippen molar-refractivity contribution < 1.29 is 13.2 Å². The molecule has 1 aromatic carbocycles. The fraction of sp³-hybridized carbons (Fsp3) is 0.632. The van der Waals surface area contributed by atoms with Gasteiger partial charge in [0.1, 0.15) is 22.2 Å². The zero-order valence-electron chi connectivity index (χ0n) is 17.0. The average Bonchev–Trinajstić information content (AvgIpc) is 2.58. The van der Waals surface area contributed by atoms with E-state index in [0.717, 1.165) is 18.3 Å². The van der Waals surface area contributed by atoms with Crippen LogP contribution in [0.25, 0.3) is 0 Å². The molecule has 0 aromatic heterocycles. The van der Waals surface area contributed by atoms with E-state index >= 15 is 0 Å². The van der Waals surface area contributed by atoms with Crippen molar-refractivity contribution in [2.45, 2.75) is 27.2 Å². The molecule has 0 aliphatic rings. The standard InChI is InChI=1S/C19H32ClN3O3S/c1-6-21-18(22-15-19(2,3)11-14-27(5,24)25)23(4)12-13-26-17-9-7-16(20)8-10-17/h7-10H,6,11-15H2,1-5H3,(H,21,22). The van der Waals surface area contributed by atoms with Crippen molar-refractivity contribution in [3.05, 3.63) is 29.3 Å². The first-order chi connectivity index (χ1) is 12.5. The summed E-state index contributed by atoms with van der Waals surface area (Å²) in [4.78, 5) is 6.69. The topological polar surface area (TPSA) is 71.0 Å². The summed E-state index contributed by atoms with van der Waals surface area (Å²) < 4.78 is 28.5. The molecular formula is C19H32ClN3O3S. The Kier molecular flexibility index (Phi) is 9.39. The van der Waals surface area contributed by atoms with Gasteiger partial charge in [-0.3, -0.25) is 4.99 Å². The molecule has 1 N–H and O–H groups in total. The number of rotatable bonds is 10. The maximum absolute atomic E-state index is 11.4. The van der Waals surface area contributed by atoms with Crippen molar-refractivity contribution in [3.8, 4) is 5.75 Å². The molecule has 0 spiro atoms. The van der Waals surface area contributed by atoms with Crippen LogP contribution in [-0.2, 0) is 9.84 Å². The summed E-state index contributed by atoms with van der Waals surface area (Å²) in [7, 11) is -1.01. The Hall–Kier alpha value is -1.47. The van der Waals surface area contributed by atoms with Crippen molar-refractivity contribution >= 4 is 27.4 Å². The van der Waals surface area contributed by atoms with Crippen LogP contribution in [0.5, 0.6) is 5.75 Å². The van der Waals surface area contributed by atoms with E-state index in [1.807, 2.05) is 44.9 Å². The van der Waals surface area contributed by atoms with Gasteiger partial charge in [-0.2, -0.15) is 0 Å². The quantitative estimate of drug-likeness (QED) is 0.468. The van der Waals surface area contributed by atoms with Gasteiger partial charge in [0, 0.05) is 31.4 Å². The summed E-state index contributed by atoms with van der Waals surface area (Å²) in [5, 5.41) is 3.95. The Morgan fingerprint density at radius 3 is 2.48 bits per heavy atom. The third-order valence-electron chi connectivity index (χ3n) is 4.01. The number of hydrogen-bond acceptors (Lipinski definition) is 4. The molecule has 0 aliphatic carbocycles. The monoisotopic (exact) mass is 417 g/mol. The number of benzene rings is 1. The molecule has 0 bridgehead atoms. The number of halogens is 1. The third kappa shape index (κ3) is 10.4. The van der Waals surface area contributed by atoms with Crippen LogP contribution in [0.15, 0.2) is 29.3 Å². The first-order valence-electron chi connectivity index (χ1n) is 9.08. The van der Waals surface area contributed by atoms with Gasteiger partial charge >= 0.3 is 0 Å². The van der Waals surface area contributed by atoms with Crippen LogP contribution in [-0.4, -0.2) is 64.6 Å². The summed E-state index contributed by atoms with van der Waals surface area (Å²) in [5.41, 5.74) is -0.190. The summed E-state index contributed by atoms with van der Waals surface area (Å²) in [5.74, 6) is 1.73. The highest BCUT2D eigenvalue weighted by molar-refractivity contribution is 7.90. The van der Waals surface area contributed by atoms with Gasteiger partial charge in [-0.15, -0.1) is 0 Å². The first kappa shape index (κ1) is 23.6. The predicted octanol–water partition coefficient (Wildman–Crippen LogP) is 3.08. The summed E-state index contributed by atoms with van der Waals surface area (Å²) >= 11 is 5.87. The minimum Gasteiger partial charge on any atom is -0.492 e. The fourth-order valence-electron chi connectivity index (χ4n) is 2.24. The number of ether oxygens (including phenoxy) is 1. The number of aliphatic imine (C=N–C) groups is 1. The van der Waals surface area contributed by atoms with E-state index in [-0.39, 0.29) is 11.2 Å². The molecule has 0 saturated heterocycles. The number of nitrogens with one attached hydrogen (secondary N) is 1. The van der Waals surface area contributed by atoms with Crippen LogP contribution in [0.3, 0.4) is 0 Å². The van der Waals surface area contributed by atoms with Gasteiger partial charge in [0.15, 0.2) is 5.96 Å². The van der Waals surface area contributed by atoms with Crippen LogP contribution in [0.4, 0.5) is 0 Å². The lowest BCUT2D eigenvalue weighted by Crippen LogP contribution is -2.41. The van der Waals surface area contributed by atoms with Crippen molar-refractivity contribution in [3.63, 3.8) is 0 Å².